The van der Waals surface area contributed by atoms with Gasteiger partial charge >= 0.3 is 12.1 Å². The van der Waals surface area contributed by atoms with Gasteiger partial charge in [0.05, 0.1) is 29.8 Å². The Kier molecular flexibility index (Phi) is 5.73. The number of alkyl halides is 3. The van der Waals surface area contributed by atoms with Crippen molar-refractivity contribution in [3.8, 4) is 0 Å². The SMILES string of the molecule is COC(=O)c1ccc([N+](=O)[O-])c(N2CCOC(c3ccccc3C(F)(F)F)C2)c1. The van der Waals surface area contributed by atoms with Gasteiger partial charge in [0.1, 0.15) is 11.8 Å². The fraction of sp³-hybridized carbons (Fsp3) is 0.316. The molecule has 10 heteroatoms. The van der Waals surface area contributed by atoms with Crippen LogP contribution in [0.1, 0.15) is 27.6 Å². The highest BCUT2D eigenvalue weighted by Crippen LogP contribution is 2.38. The number of morpholine rings is 1. The van der Waals surface area contributed by atoms with Crippen LogP contribution in [0.2, 0.25) is 0 Å². The zero-order chi connectivity index (χ0) is 21.2. The summed E-state index contributed by atoms with van der Waals surface area (Å²) in [6, 6.07) is 8.82. The molecule has 2 aromatic rings. The number of carbonyl (C=O) groups excluding carboxylic acids is 1. The van der Waals surface area contributed by atoms with Crippen LogP contribution in [0, 0.1) is 10.1 Å². The molecule has 0 radical (unpaired) electrons. The van der Waals surface area contributed by atoms with Gasteiger partial charge in [0.15, 0.2) is 0 Å². The number of anilines is 1. The summed E-state index contributed by atoms with van der Waals surface area (Å²) >= 11 is 0. The highest BCUT2D eigenvalue weighted by molar-refractivity contribution is 5.91. The Labute approximate surface area is 163 Å². The Morgan fingerprint density at radius 3 is 2.66 bits per heavy atom. The van der Waals surface area contributed by atoms with Gasteiger partial charge in [-0.1, -0.05) is 18.2 Å². The summed E-state index contributed by atoms with van der Waals surface area (Å²) in [6.45, 7) is 0.241. The van der Waals surface area contributed by atoms with Crippen LogP contribution in [0.4, 0.5) is 24.5 Å². The number of benzene rings is 2. The van der Waals surface area contributed by atoms with Crippen molar-refractivity contribution in [1.29, 1.82) is 0 Å². The Balaban J connectivity index is 1.98. The molecule has 0 bridgehead atoms. The minimum atomic E-state index is -4.56. The third kappa shape index (κ3) is 4.32. The first-order valence-corrected chi connectivity index (χ1v) is 8.61. The predicted molar refractivity (Wildman–Crippen MR) is 96.8 cm³/mol. The number of nitrogens with zero attached hydrogens (tertiary/aromatic N) is 2. The average Bonchev–Trinajstić information content (AvgIpc) is 2.72. The molecule has 0 aliphatic carbocycles. The van der Waals surface area contributed by atoms with Crippen molar-refractivity contribution >= 4 is 17.3 Å². The van der Waals surface area contributed by atoms with Crippen molar-refractivity contribution in [3.05, 3.63) is 69.3 Å². The van der Waals surface area contributed by atoms with Gasteiger partial charge in [0.2, 0.25) is 0 Å². The number of carbonyl (C=O) groups is 1. The summed E-state index contributed by atoms with van der Waals surface area (Å²) in [6.07, 6.45) is -5.50. The number of rotatable bonds is 4. The summed E-state index contributed by atoms with van der Waals surface area (Å²) < 4.78 is 50.3. The Morgan fingerprint density at radius 2 is 2.00 bits per heavy atom. The lowest BCUT2D eigenvalue weighted by Crippen LogP contribution is -2.39. The molecule has 1 aliphatic rings. The minimum absolute atomic E-state index is 0.0431. The molecule has 29 heavy (non-hydrogen) atoms. The number of methoxy groups -OCH3 is 1. The van der Waals surface area contributed by atoms with Crippen molar-refractivity contribution in [2.24, 2.45) is 0 Å². The Morgan fingerprint density at radius 1 is 1.28 bits per heavy atom. The number of nitro groups is 1. The number of halogens is 3. The van der Waals surface area contributed by atoms with Crippen molar-refractivity contribution < 1.29 is 32.4 Å². The molecule has 1 aliphatic heterocycles. The summed E-state index contributed by atoms with van der Waals surface area (Å²) in [5.41, 5.74) is -0.897. The molecule has 0 N–H and O–H groups in total. The molecule has 1 atom stereocenters. The number of hydrogen-bond acceptors (Lipinski definition) is 6. The fourth-order valence-corrected chi connectivity index (χ4v) is 3.27. The van der Waals surface area contributed by atoms with Crippen LogP contribution in [-0.4, -0.2) is 37.7 Å². The summed E-state index contributed by atoms with van der Waals surface area (Å²) in [5.74, 6) is -0.673. The third-order valence-electron chi connectivity index (χ3n) is 4.61. The summed E-state index contributed by atoms with van der Waals surface area (Å²) in [7, 11) is 1.18. The van der Waals surface area contributed by atoms with Crippen LogP contribution in [-0.2, 0) is 15.7 Å². The first-order valence-electron chi connectivity index (χ1n) is 8.61. The molecule has 2 aromatic carbocycles. The fourth-order valence-electron chi connectivity index (χ4n) is 3.27. The number of nitro benzene ring substituents is 1. The molecule has 0 amide bonds. The van der Waals surface area contributed by atoms with Crippen molar-refractivity contribution in [1.82, 2.24) is 0 Å². The topological polar surface area (TPSA) is 81.9 Å². The second kappa shape index (κ2) is 8.08. The number of ether oxygens (including phenoxy) is 2. The zero-order valence-electron chi connectivity index (χ0n) is 15.3. The molecule has 1 fully saturated rings. The summed E-state index contributed by atoms with van der Waals surface area (Å²) in [4.78, 5) is 24.2. The van der Waals surface area contributed by atoms with Crippen LogP contribution in [0.15, 0.2) is 42.5 Å². The minimum Gasteiger partial charge on any atom is -0.465 e. The highest BCUT2D eigenvalue weighted by Gasteiger charge is 2.37. The quantitative estimate of drug-likeness (QED) is 0.431. The number of esters is 1. The van der Waals surface area contributed by atoms with E-state index in [9.17, 15) is 28.1 Å². The molecule has 3 rings (SSSR count). The maximum Gasteiger partial charge on any atom is 0.416 e. The highest BCUT2D eigenvalue weighted by atomic mass is 19.4. The van der Waals surface area contributed by atoms with E-state index in [1.54, 1.807) is 4.90 Å². The average molecular weight is 410 g/mol. The molecule has 154 valence electrons. The van der Waals surface area contributed by atoms with Gasteiger partial charge < -0.3 is 14.4 Å². The van der Waals surface area contributed by atoms with E-state index in [2.05, 4.69) is 4.74 Å². The van der Waals surface area contributed by atoms with E-state index in [-0.39, 0.29) is 42.2 Å². The predicted octanol–water partition coefficient (Wildman–Crippen LogP) is 3.98. The van der Waals surface area contributed by atoms with Gasteiger partial charge in [-0.25, -0.2) is 4.79 Å². The van der Waals surface area contributed by atoms with E-state index < -0.39 is 28.7 Å². The largest absolute Gasteiger partial charge is 0.465 e. The maximum absolute atomic E-state index is 13.4. The molecule has 1 saturated heterocycles. The van der Waals surface area contributed by atoms with E-state index in [1.165, 1.54) is 43.5 Å². The molecular weight excluding hydrogens is 393 g/mol. The molecule has 0 spiro atoms. The maximum atomic E-state index is 13.4. The standard InChI is InChI=1S/C19H17F3N2O5/c1-28-18(25)12-6-7-15(24(26)27)16(10-12)23-8-9-29-17(11-23)13-4-2-3-5-14(13)19(20,21)22/h2-7,10,17H,8-9,11H2,1H3. The molecule has 0 saturated carbocycles. The van der Waals surface area contributed by atoms with Crippen LogP contribution in [0.5, 0.6) is 0 Å². The van der Waals surface area contributed by atoms with Crippen molar-refractivity contribution in [3.63, 3.8) is 0 Å². The lowest BCUT2D eigenvalue weighted by Gasteiger charge is -2.35. The normalized spacial score (nSPS) is 17.1. The monoisotopic (exact) mass is 410 g/mol. The Hall–Kier alpha value is -3.14. The van der Waals surface area contributed by atoms with Crippen molar-refractivity contribution in [2.45, 2.75) is 12.3 Å². The van der Waals surface area contributed by atoms with E-state index in [4.69, 9.17) is 4.74 Å². The first kappa shape index (κ1) is 20.6. The van der Waals surface area contributed by atoms with Gasteiger partial charge in [-0.15, -0.1) is 0 Å². The lowest BCUT2D eigenvalue weighted by molar-refractivity contribution is -0.384. The lowest BCUT2D eigenvalue weighted by atomic mass is 10.00. The number of hydrogen-bond donors (Lipinski definition) is 0. The van der Waals surface area contributed by atoms with Gasteiger partial charge in [-0.2, -0.15) is 13.2 Å². The van der Waals surface area contributed by atoms with Crippen LogP contribution < -0.4 is 4.90 Å². The van der Waals surface area contributed by atoms with Gasteiger partial charge in [0, 0.05) is 19.2 Å². The third-order valence-corrected chi connectivity index (χ3v) is 4.61. The van der Waals surface area contributed by atoms with Crippen LogP contribution >= 0.6 is 0 Å². The van der Waals surface area contributed by atoms with E-state index in [0.717, 1.165) is 6.07 Å². The molecule has 1 heterocycles. The second-order valence-corrected chi connectivity index (χ2v) is 6.34. The molecule has 7 nitrogen and oxygen atoms in total. The van der Waals surface area contributed by atoms with Crippen molar-refractivity contribution in [2.75, 3.05) is 31.7 Å². The second-order valence-electron chi connectivity index (χ2n) is 6.34. The molecule has 1 unspecified atom stereocenters. The zero-order valence-corrected chi connectivity index (χ0v) is 15.3. The van der Waals surface area contributed by atoms with Gasteiger partial charge in [-0.05, 0) is 23.8 Å². The van der Waals surface area contributed by atoms with Gasteiger partial charge in [-0.3, -0.25) is 10.1 Å². The van der Waals surface area contributed by atoms with E-state index >= 15 is 0 Å². The van der Waals surface area contributed by atoms with Crippen LogP contribution in [0.3, 0.4) is 0 Å². The van der Waals surface area contributed by atoms with E-state index in [0.29, 0.717) is 0 Å². The Bertz CT molecular complexity index is 932. The molecule has 0 aromatic heterocycles. The first-order chi connectivity index (χ1) is 13.7. The van der Waals surface area contributed by atoms with Gasteiger partial charge in [0.25, 0.3) is 5.69 Å². The summed E-state index contributed by atoms with van der Waals surface area (Å²) in [5, 5.41) is 11.4. The van der Waals surface area contributed by atoms with E-state index in [1.807, 2.05) is 0 Å². The smallest absolute Gasteiger partial charge is 0.416 e. The molecular formula is C19H17F3N2O5. The van der Waals surface area contributed by atoms with Crippen LogP contribution in [0.25, 0.3) is 0 Å².